The number of ketones is 1. The Morgan fingerprint density at radius 2 is 1.83 bits per heavy atom. The number of carbonyl (C=O) groups excluding carboxylic acids is 3. The van der Waals surface area contributed by atoms with Crippen LogP contribution in [0.1, 0.15) is 38.2 Å². The molecule has 0 unspecified atom stereocenters. The molecule has 1 N–H and O–H groups in total. The second kappa shape index (κ2) is 7.15. The minimum atomic E-state index is -0.794. The van der Waals surface area contributed by atoms with Crippen LogP contribution in [0.2, 0.25) is 0 Å². The van der Waals surface area contributed by atoms with E-state index in [9.17, 15) is 14.4 Å². The number of Topliss-reactive ketones (excluding diaryl/α,β-unsaturated/α-hetero) is 1. The third kappa shape index (κ3) is 4.01. The van der Waals surface area contributed by atoms with Gasteiger partial charge in [0.05, 0.1) is 12.3 Å². The van der Waals surface area contributed by atoms with E-state index < -0.39 is 17.7 Å². The van der Waals surface area contributed by atoms with Gasteiger partial charge in [-0.25, -0.2) is 9.78 Å². The maximum absolute atomic E-state index is 12.1. The number of nitrogens with one attached hydrogen (secondary N) is 1. The first-order valence-electron chi connectivity index (χ1n) is 6.99. The number of nitrogens with zero attached hydrogens (tertiary/aromatic N) is 1. The molecule has 1 aromatic heterocycles. The minimum absolute atomic E-state index is 0.191. The van der Waals surface area contributed by atoms with Crippen molar-refractivity contribution < 1.29 is 19.1 Å². The molecule has 0 aliphatic rings. The normalized spacial score (nSPS) is 10.2. The van der Waals surface area contributed by atoms with Crippen molar-refractivity contribution in [3.63, 3.8) is 0 Å². The van der Waals surface area contributed by atoms with Crippen molar-refractivity contribution in [2.75, 3.05) is 11.9 Å². The smallest absolute Gasteiger partial charge is 0.350 e. The fourth-order valence-electron chi connectivity index (χ4n) is 1.83. The van der Waals surface area contributed by atoms with Crippen LogP contribution in [0.3, 0.4) is 0 Å². The van der Waals surface area contributed by atoms with Crippen molar-refractivity contribution in [2.45, 2.75) is 20.8 Å². The number of ether oxygens (including phenoxy) is 1. The molecular formula is C16H16N2O4S. The number of amides is 1. The zero-order chi connectivity index (χ0) is 17.0. The molecule has 6 nitrogen and oxygen atoms in total. The Morgan fingerprint density at radius 3 is 2.43 bits per heavy atom. The van der Waals surface area contributed by atoms with Crippen LogP contribution in [0.5, 0.6) is 0 Å². The average molecular weight is 332 g/mol. The van der Waals surface area contributed by atoms with Crippen molar-refractivity contribution in [2.24, 2.45) is 0 Å². The van der Waals surface area contributed by atoms with Crippen molar-refractivity contribution >= 4 is 34.1 Å². The Hall–Kier alpha value is -2.54. The van der Waals surface area contributed by atoms with Crippen molar-refractivity contribution in [3.8, 4) is 0 Å². The molecule has 1 amide bonds. The van der Waals surface area contributed by atoms with Crippen LogP contribution in [-0.2, 0) is 9.53 Å². The number of carbonyl (C=O) groups is 3. The molecule has 1 aromatic carbocycles. The van der Waals surface area contributed by atoms with Crippen LogP contribution in [0.15, 0.2) is 24.3 Å². The van der Waals surface area contributed by atoms with Gasteiger partial charge in [-0.05, 0) is 20.8 Å². The van der Waals surface area contributed by atoms with Gasteiger partial charge in [0.1, 0.15) is 4.88 Å². The van der Waals surface area contributed by atoms with E-state index in [4.69, 9.17) is 4.74 Å². The highest BCUT2D eigenvalue weighted by atomic mass is 32.1. The first kappa shape index (κ1) is 16.8. The molecule has 0 spiro atoms. The van der Waals surface area contributed by atoms with Gasteiger partial charge in [-0.2, -0.15) is 0 Å². The Bertz CT molecular complexity index is 750. The second-order valence-electron chi connectivity index (χ2n) is 4.80. The summed E-state index contributed by atoms with van der Waals surface area (Å²) in [6.07, 6.45) is 0. The zero-order valence-corrected chi connectivity index (χ0v) is 13.8. The number of aryl methyl sites for hydroxylation is 2. The van der Waals surface area contributed by atoms with E-state index in [2.05, 4.69) is 10.3 Å². The molecule has 1 heterocycles. The zero-order valence-electron chi connectivity index (χ0n) is 13.0. The molecule has 0 fully saturated rings. The summed E-state index contributed by atoms with van der Waals surface area (Å²) in [5.41, 5.74) is 1.75. The van der Waals surface area contributed by atoms with Crippen LogP contribution in [0.25, 0.3) is 0 Å². The maximum atomic E-state index is 12.1. The fraction of sp³-hybridized carbons (Fsp3) is 0.250. The summed E-state index contributed by atoms with van der Waals surface area (Å²) in [6.45, 7) is 5.49. The van der Waals surface area contributed by atoms with Gasteiger partial charge in [-0.15, -0.1) is 0 Å². The van der Waals surface area contributed by atoms with E-state index in [-0.39, 0.29) is 11.7 Å². The molecule has 0 bridgehead atoms. The highest BCUT2D eigenvalue weighted by molar-refractivity contribution is 7.17. The molecule has 0 radical (unpaired) electrons. The summed E-state index contributed by atoms with van der Waals surface area (Å²) in [7, 11) is 0. The first-order chi connectivity index (χ1) is 10.9. The van der Waals surface area contributed by atoms with Gasteiger partial charge in [0, 0.05) is 5.56 Å². The SMILES string of the molecule is CCOC(=O)c1sc(NC(=O)C(=O)c2ccc(C)cc2)nc1C. The van der Waals surface area contributed by atoms with Gasteiger partial charge in [0.25, 0.3) is 11.7 Å². The molecule has 0 saturated heterocycles. The van der Waals surface area contributed by atoms with Crippen LogP contribution in [0.4, 0.5) is 5.13 Å². The molecule has 7 heteroatoms. The van der Waals surface area contributed by atoms with Crippen LogP contribution in [0, 0.1) is 13.8 Å². The Morgan fingerprint density at radius 1 is 1.17 bits per heavy atom. The third-order valence-electron chi connectivity index (χ3n) is 3.00. The van der Waals surface area contributed by atoms with Gasteiger partial charge in [-0.1, -0.05) is 41.2 Å². The molecule has 0 atom stereocenters. The molecule has 0 aliphatic carbocycles. The van der Waals surface area contributed by atoms with Gasteiger partial charge in [0.15, 0.2) is 5.13 Å². The van der Waals surface area contributed by atoms with Gasteiger partial charge < -0.3 is 4.74 Å². The lowest BCUT2D eigenvalue weighted by Gasteiger charge is -2.01. The Labute approximate surface area is 137 Å². The predicted molar refractivity (Wildman–Crippen MR) is 86.9 cm³/mol. The standard InChI is InChI=1S/C16H16N2O4S/c1-4-22-15(21)13-10(3)17-16(23-13)18-14(20)12(19)11-7-5-9(2)6-8-11/h5-8H,4H2,1-3H3,(H,17,18,20). The number of rotatable bonds is 5. The van der Waals surface area contributed by atoms with Crippen molar-refractivity contribution in [1.29, 1.82) is 0 Å². The topological polar surface area (TPSA) is 85.4 Å². The number of hydrogen-bond acceptors (Lipinski definition) is 6. The van der Waals surface area contributed by atoms with E-state index in [1.807, 2.05) is 6.92 Å². The Balaban J connectivity index is 2.11. The molecule has 2 rings (SSSR count). The predicted octanol–water partition coefficient (Wildman–Crippen LogP) is 2.76. The molecular weight excluding hydrogens is 316 g/mol. The maximum Gasteiger partial charge on any atom is 0.350 e. The Kier molecular flexibility index (Phi) is 5.23. The number of aromatic nitrogens is 1. The van der Waals surface area contributed by atoms with Crippen molar-refractivity contribution in [3.05, 3.63) is 46.0 Å². The van der Waals surface area contributed by atoms with Crippen LogP contribution in [-0.4, -0.2) is 29.3 Å². The fourth-order valence-corrected chi connectivity index (χ4v) is 2.68. The number of benzene rings is 1. The lowest BCUT2D eigenvalue weighted by molar-refractivity contribution is -0.112. The van der Waals surface area contributed by atoms with E-state index in [1.165, 1.54) is 0 Å². The first-order valence-corrected chi connectivity index (χ1v) is 7.81. The highest BCUT2D eigenvalue weighted by Crippen LogP contribution is 2.23. The largest absolute Gasteiger partial charge is 0.462 e. The van der Waals surface area contributed by atoms with Gasteiger partial charge in [0.2, 0.25) is 0 Å². The molecule has 120 valence electrons. The summed E-state index contributed by atoms with van der Waals surface area (Å²) in [5, 5.41) is 2.61. The second-order valence-corrected chi connectivity index (χ2v) is 5.80. The monoisotopic (exact) mass is 332 g/mol. The van der Waals surface area contributed by atoms with Gasteiger partial charge in [-0.3, -0.25) is 14.9 Å². The third-order valence-corrected chi connectivity index (χ3v) is 4.05. The minimum Gasteiger partial charge on any atom is -0.462 e. The van der Waals surface area contributed by atoms with Crippen LogP contribution < -0.4 is 5.32 Å². The summed E-state index contributed by atoms with van der Waals surface area (Å²) < 4.78 is 4.91. The molecule has 0 saturated carbocycles. The van der Waals surface area contributed by atoms with E-state index in [0.717, 1.165) is 16.9 Å². The lowest BCUT2D eigenvalue weighted by Crippen LogP contribution is -2.22. The lowest BCUT2D eigenvalue weighted by atomic mass is 10.1. The quantitative estimate of drug-likeness (QED) is 0.517. The number of thiazole rings is 1. The summed E-state index contributed by atoms with van der Waals surface area (Å²) in [5.74, 6) is -1.94. The van der Waals surface area contributed by atoms with E-state index in [1.54, 1.807) is 38.1 Å². The molecule has 0 aliphatic heterocycles. The number of esters is 1. The van der Waals surface area contributed by atoms with E-state index in [0.29, 0.717) is 16.1 Å². The highest BCUT2D eigenvalue weighted by Gasteiger charge is 2.21. The van der Waals surface area contributed by atoms with E-state index >= 15 is 0 Å². The van der Waals surface area contributed by atoms with Crippen LogP contribution >= 0.6 is 11.3 Å². The summed E-state index contributed by atoms with van der Waals surface area (Å²) in [6, 6.07) is 6.70. The number of anilines is 1. The molecule has 23 heavy (non-hydrogen) atoms. The molecule has 2 aromatic rings. The number of hydrogen-bond donors (Lipinski definition) is 1. The summed E-state index contributed by atoms with van der Waals surface area (Å²) in [4.78, 5) is 40.2. The average Bonchev–Trinajstić information content (AvgIpc) is 2.88. The summed E-state index contributed by atoms with van der Waals surface area (Å²) >= 11 is 0.981. The van der Waals surface area contributed by atoms with Crippen molar-refractivity contribution in [1.82, 2.24) is 4.98 Å². The van der Waals surface area contributed by atoms with Gasteiger partial charge >= 0.3 is 5.97 Å².